The summed E-state index contributed by atoms with van der Waals surface area (Å²) in [6.45, 7) is 14.8. The first kappa shape index (κ1) is 32.5. The minimum atomic E-state index is -0.969. The van der Waals surface area contributed by atoms with E-state index < -0.39 is 23.8 Å². The van der Waals surface area contributed by atoms with Gasteiger partial charge in [-0.2, -0.15) is 11.8 Å². The van der Waals surface area contributed by atoms with Gasteiger partial charge >= 0.3 is 6.09 Å². The van der Waals surface area contributed by atoms with Gasteiger partial charge in [0.25, 0.3) is 5.91 Å². The van der Waals surface area contributed by atoms with Gasteiger partial charge in [0.2, 0.25) is 5.91 Å². The highest BCUT2D eigenvalue weighted by Gasteiger charge is 2.38. The van der Waals surface area contributed by atoms with Crippen LogP contribution in [0.2, 0.25) is 5.02 Å². The predicted octanol–water partition coefficient (Wildman–Crippen LogP) is 6.83. The van der Waals surface area contributed by atoms with Crippen molar-refractivity contribution in [2.45, 2.75) is 85.5 Å². The van der Waals surface area contributed by atoms with Crippen molar-refractivity contribution in [2.75, 3.05) is 17.3 Å². The lowest BCUT2D eigenvalue weighted by molar-refractivity contribution is -0.143. The van der Waals surface area contributed by atoms with Crippen LogP contribution in [0, 0.1) is 20.8 Å². The van der Waals surface area contributed by atoms with Crippen LogP contribution in [0.3, 0.4) is 0 Å². The minimum Gasteiger partial charge on any atom is -0.444 e. The van der Waals surface area contributed by atoms with Gasteiger partial charge in [0.05, 0.1) is 10.7 Å². The summed E-state index contributed by atoms with van der Waals surface area (Å²) < 4.78 is 5.45. The molecule has 0 heterocycles. The van der Waals surface area contributed by atoms with E-state index in [2.05, 4.69) is 10.6 Å². The third kappa shape index (κ3) is 9.46. The van der Waals surface area contributed by atoms with E-state index in [9.17, 15) is 14.4 Å². The fourth-order valence-electron chi connectivity index (χ4n) is 4.39. The van der Waals surface area contributed by atoms with Crippen molar-refractivity contribution >= 4 is 47.0 Å². The van der Waals surface area contributed by atoms with Gasteiger partial charge < -0.3 is 20.3 Å². The highest BCUT2D eigenvalue weighted by molar-refractivity contribution is 7.98. The Bertz CT molecular complexity index is 1140. The van der Waals surface area contributed by atoms with Crippen molar-refractivity contribution in [3.63, 3.8) is 0 Å². The first-order chi connectivity index (χ1) is 18.1. The molecule has 0 spiro atoms. The molecule has 2 rings (SSSR count). The lowest BCUT2D eigenvalue weighted by atomic mass is 9.97. The highest BCUT2D eigenvalue weighted by atomic mass is 35.5. The van der Waals surface area contributed by atoms with Gasteiger partial charge in [0.1, 0.15) is 17.7 Å². The van der Waals surface area contributed by atoms with Crippen molar-refractivity contribution in [1.29, 1.82) is 0 Å². The van der Waals surface area contributed by atoms with Crippen LogP contribution in [-0.4, -0.2) is 52.5 Å². The zero-order valence-electron chi connectivity index (χ0n) is 24.5. The van der Waals surface area contributed by atoms with Crippen LogP contribution in [0.15, 0.2) is 36.4 Å². The Kier molecular flexibility index (Phi) is 11.7. The first-order valence-electron chi connectivity index (χ1n) is 13.1. The Balaban J connectivity index is 2.59. The van der Waals surface area contributed by atoms with Crippen LogP contribution in [-0.2, 0) is 14.3 Å². The number of ether oxygens (including phenoxy) is 1. The molecule has 2 N–H and O–H groups in total. The number of aryl methyl sites for hydroxylation is 3. The van der Waals surface area contributed by atoms with Gasteiger partial charge in [-0.15, -0.1) is 0 Å². The van der Waals surface area contributed by atoms with Crippen molar-refractivity contribution in [3.8, 4) is 0 Å². The summed E-state index contributed by atoms with van der Waals surface area (Å²) in [6.07, 6.45) is 1.64. The molecule has 0 saturated heterocycles. The normalized spacial score (nSPS) is 13.0. The average Bonchev–Trinajstić information content (AvgIpc) is 2.79. The summed E-state index contributed by atoms with van der Waals surface area (Å²) in [7, 11) is 0. The number of hydrogen-bond donors (Lipinski definition) is 2. The second kappa shape index (κ2) is 14.1. The number of hydrogen-bond acceptors (Lipinski definition) is 5. The van der Waals surface area contributed by atoms with Crippen LogP contribution < -0.4 is 10.6 Å². The Morgan fingerprint density at radius 3 is 2.18 bits per heavy atom. The van der Waals surface area contributed by atoms with Crippen LogP contribution in [0.4, 0.5) is 10.5 Å². The van der Waals surface area contributed by atoms with Crippen LogP contribution in [0.5, 0.6) is 0 Å². The minimum absolute atomic E-state index is 0.361. The van der Waals surface area contributed by atoms with Gasteiger partial charge in [-0.05, 0) is 91.0 Å². The SMILES string of the molecule is CSCCC(NC(=O)OC(C)(C)C)C(=O)N(C(C)C)C(C(=O)Nc1c(C)cccc1Cl)c1cc(C)cc(C)c1. The van der Waals surface area contributed by atoms with E-state index in [0.717, 1.165) is 16.7 Å². The molecule has 0 fully saturated rings. The number of rotatable bonds is 10. The molecule has 0 saturated carbocycles. The molecular formula is C30H42ClN3O4S. The van der Waals surface area contributed by atoms with Crippen LogP contribution in [0.25, 0.3) is 0 Å². The van der Waals surface area contributed by atoms with Crippen LogP contribution in [0.1, 0.15) is 69.3 Å². The molecule has 7 nitrogen and oxygen atoms in total. The zero-order valence-corrected chi connectivity index (χ0v) is 26.0. The summed E-state index contributed by atoms with van der Waals surface area (Å²) in [5, 5.41) is 6.15. The predicted molar refractivity (Wildman–Crippen MR) is 162 cm³/mol. The first-order valence-corrected chi connectivity index (χ1v) is 14.9. The van der Waals surface area contributed by atoms with E-state index in [0.29, 0.717) is 28.4 Å². The monoisotopic (exact) mass is 575 g/mol. The molecule has 214 valence electrons. The standard InChI is InChI=1S/C30H42ClN3O4S/c1-18(2)34(28(36)24(13-14-39-9)32-29(37)38-30(6,7)8)26(22-16-19(3)15-20(4)17-22)27(35)33-25-21(5)11-10-12-23(25)31/h10-12,15-18,24,26H,13-14H2,1-9H3,(H,32,37)(H,33,35). The number of thioether (sulfide) groups is 1. The molecule has 0 aliphatic heterocycles. The molecule has 3 amide bonds. The van der Waals surface area contributed by atoms with E-state index in [1.54, 1.807) is 43.5 Å². The topological polar surface area (TPSA) is 87.7 Å². The van der Waals surface area contributed by atoms with E-state index in [-0.39, 0.29) is 17.9 Å². The van der Waals surface area contributed by atoms with E-state index in [1.165, 1.54) is 0 Å². The van der Waals surface area contributed by atoms with Crippen LogP contribution >= 0.6 is 23.4 Å². The van der Waals surface area contributed by atoms with Gasteiger partial charge in [-0.3, -0.25) is 9.59 Å². The van der Waals surface area contributed by atoms with Gasteiger partial charge in [0.15, 0.2) is 0 Å². The second-order valence-corrected chi connectivity index (χ2v) is 12.5. The van der Waals surface area contributed by atoms with Crippen molar-refractivity contribution in [3.05, 3.63) is 63.7 Å². The maximum atomic E-state index is 14.2. The molecule has 2 aromatic carbocycles. The maximum absolute atomic E-state index is 14.2. The molecule has 0 aliphatic rings. The zero-order chi connectivity index (χ0) is 29.5. The number of carbonyl (C=O) groups excluding carboxylic acids is 3. The molecule has 0 aromatic heterocycles. The number of alkyl carbamates (subject to hydrolysis) is 1. The number of nitrogens with zero attached hydrogens (tertiary/aromatic N) is 1. The summed E-state index contributed by atoms with van der Waals surface area (Å²) in [5.41, 5.74) is 3.21. The largest absolute Gasteiger partial charge is 0.444 e. The Morgan fingerprint density at radius 2 is 1.67 bits per heavy atom. The number of carbonyl (C=O) groups is 3. The van der Waals surface area contributed by atoms with Crippen molar-refractivity contribution in [2.24, 2.45) is 0 Å². The summed E-state index contributed by atoms with van der Waals surface area (Å²) in [4.78, 5) is 42.5. The lowest BCUT2D eigenvalue weighted by Crippen LogP contribution is -2.54. The Hall–Kier alpha value is -2.71. The van der Waals surface area contributed by atoms with E-state index in [4.69, 9.17) is 16.3 Å². The molecule has 0 aliphatic carbocycles. The molecule has 2 unspecified atom stereocenters. The average molecular weight is 576 g/mol. The van der Waals surface area contributed by atoms with E-state index >= 15 is 0 Å². The number of para-hydroxylation sites is 1. The summed E-state index contributed by atoms with van der Waals surface area (Å²) in [5.74, 6) is -0.114. The third-order valence-electron chi connectivity index (χ3n) is 5.97. The van der Waals surface area contributed by atoms with Crippen molar-refractivity contribution in [1.82, 2.24) is 10.2 Å². The highest BCUT2D eigenvalue weighted by Crippen LogP contribution is 2.31. The number of benzene rings is 2. The Labute approximate surface area is 242 Å². The smallest absolute Gasteiger partial charge is 0.408 e. The third-order valence-corrected chi connectivity index (χ3v) is 6.93. The number of amides is 3. The fraction of sp³-hybridized carbons (Fsp3) is 0.500. The van der Waals surface area contributed by atoms with E-state index in [1.807, 2.05) is 71.2 Å². The number of halogens is 1. The fourth-order valence-corrected chi connectivity index (χ4v) is 5.13. The lowest BCUT2D eigenvalue weighted by Gasteiger charge is -2.37. The van der Waals surface area contributed by atoms with Gasteiger partial charge in [-0.25, -0.2) is 4.79 Å². The van der Waals surface area contributed by atoms with Gasteiger partial charge in [-0.1, -0.05) is 53.1 Å². The molecule has 9 heteroatoms. The molecule has 2 aromatic rings. The van der Waals surface area contributed by atoms with Gasteiger partial charge in [0, 0.05) is 6.04 Å². The molecular weight excluding hydrogens is 534 g/mol. The maximum Gasteiger partial charge on any atom is 0.408 e. The molecule has 2 atom stereocenters. The molecule has 39 heavy (non-hydrogen) atoms. The quantitative estimate of drug-likeness (QED) is 0.324. The number of anilines is 1. The molecule has 0 bridgehead atoms. The summed E-state index contributed by atoms with van der Waals surface area (Å²) >= 11 is 8.01. The number of nitrogens with one attached hydrogen (secondary N) is 2. The summed E-state index contributed by atoms with van der Waals surface area (Å²) in [6, 6.07) is 9.03. The molecule has 0 radical (unpaired) electrons. The Morgan fingerprint density at radius 1 is 1.05 bits per heavy atom. The van der Waals surface area contributed by atoms with Crippen molar-refractivity contribution < 1.29 is 19.1 Å². The second-order valence-electron chi connectivity index (χ2n) is 11.1.